The van der Waals surface area contributed by atoms with Gasteiger partial charge in [-0.15, -0.1) is 0 Å². The van der Waals surface area contributed by atoms with E-state index < -0.39 is 0 Å². The minimum Gasteiger partial charge on any atom is -0.307 e. The van der Waals surface area contributed by atoms with Gasteiger partial charge < -0.3 is 4.57 Å². The van der Waals surface area contributed by atoms with Gasteiger partial charge in [0, 0.05) is 17.0 Å². The van der Waals surface area contributed by atoms with Crippen molar-refractivity contribution in [3.63, 3.8) is 0 Å². The van der Waals surface area contributed by atoms with Gasteiger partial charge in [0.2, 0.25) is 0 Å². The van der Waals surface area contributed by atoms with Crippen LogP contribution in [0.5, 0.6) is 0 Å². The molecule has 0 unspecified atom stereocenters. The summed E-state index contributed by atoms with van der Waals surface area (Å²) in [7, 11) is 0. The molecule has 0 saturated heterocycles. The Morgan fingerprint density at radius 2 is 0.966 bits per heavy atom. The predicted molar refractivity (Wildman–Crippen MR) is 251 cm³/mol. The van der Waals surface area contributed by atoms with Crippen LogP contribution in [-0.4, -0.2) is 9.55 Å². The summed E-state index contributed by atoms with van der Waals surface area (Å²) < 4.78 is 2.43. The van der Waals surface area contributed by atoms with Crippen LogP contribution in [0.4, 0.5) is 0 Å². The topological polar surface area (TPSA) is 17.8 Å². The van der Waals surface area contributed by atoms with Crippen molar-refractivity contribution in [3.05, 3.63) is 206 Å². The number of benzene rings is 9. The molecule has 0 fully saturated rings. The van der Waals surface area contributed by atoms with Gasteiger partial charge in [0.15, 0.2) is 0 Å². The van der Waals surface area contributed by atoms with Crippen LogP contribution in [0.2, 0.25) is 0 Å². The molecule has 59 heavy (non-hydrogen) atoms. The highest BCUT2D eigenvalue weighted by Crippen LogP contribution is 2.47. The number of pyridine rings is 1. The summed E-state index contributed by atoms with van der Waals surface area (Å²) >= 11 is 0. The third kappa shape index (κ3) is 5.91. The van der Waals surface area contributed by atoms with Gasteiger partial charge >= 0.3 is 0 Å². The maximum atomic E-state index is 4.95. The first-order valence-corrected chi connectivity index (χ1v) is 20.9. The van der Waals surface area contributed by atoms with E-state index in [-0.39, 0.29) is 0 Å². The van der Waals surface area contributed by atoms with Crippen LogP contribution in [0.3, 0.4) is 0 Å². The molecule has 0 N–H and O–H groups in total. The number of nitrogens with zero attached hydrogens (tertiary/aromatic N) is 2. The molecule has 11 rings (SSSR count). The first-order chi connectivity index (χ1) is 29.2. The Balaban J connectivity index is 1.17. The van der Waals surface area contributed by atoms with E-state index in [0.717, 1.165) is 23.1 Å². The average Bonchev–Trinajstić information content (AvgIpc) is 3.63. The fourth-order valence-electron chi connectivity index (χ4n) is 9.47. The van der Waals surface area contributed by atoms with Crippen LogP contribution < -0.4 is 0 Å². The van der Waals surface area contributed by atoms with Crippen LogP contribution in [0, 0.1) is 0 Å². The first kappa shape index (κ1) is 34.9. The number of hydrogen-bond donors (Lipinski definition) is 0. The van der Waals surface area contributed by atoms with E-state index >= 15 is 0 Å². The monoisotopic (exact) mass is 754 g/mol. The van der Waals surface area contributed by atoms with Gasteiger partial charge in [-0.25, -0.2) is 0 Å². The molecule has 280 valence electrons. The van der Waals surface area contributed by atoms with Crippen molar-refractivity contribution in [2.75, 3.05) is 0 Å². The minimum atomic E-state index is 1.05. The molecule has 0 bridgehead atoms. The van der Waals surface area contributed by atoms with Crippen molar-refractivity contribution < 1.29 is 0 Å². The molecule has 0 saturated carbocycles. The van der Waals surface area contributed by atoms with Crippen LogP contribution >= 0.6 is 0 Å². The summed E-state index contributed by atoms with van der Waals surface area (Å²) in [6.45, 7) is 2.26. The molecule has 0 radical (unpaired) electrons. The van der Waals surface area contributed by atoms with E-state index in [2.05, 4.69) is 206 Å². The normalized spacial score (nSPS) is 11.7. The molecule has 2 nitrogen and oxygen atoms in total. The third-order valence-electron chi connectivity index (χ3n) is 12.2. The van der Waals surface area contributed by atoms with Crippen molar-refractivity contribution in [2.24, 2.45) is 0 Å². The molecule has 0 atom stereocenters. The Morgan fingerprint density at radius 3 is 1.59 bits per heavy atom. The molecular weight excluding hydrogens is 713 g/mol. The molecule has 0 spiro atoms. The van der Waals surface area contributed by atoms with Crippen molar-refractivity contribution in [1.82, 2.24) is 9.55 Å². The predicted octanol–water partition coefficient (Wildman–Crippen LogP) is 15.6. The van der Waals surface area contributed by atoms with Crippen LogP contribution in [0.25, 0.3) is 104 Å². The Bertz CT molecular complexity index is 3240. The lowest BCUT2D eigenvalue weighted by molar-refractivity contribution is 0.796. The SMILES string of the molecule is CCCCc1ccc2c(c1)c1ncccc1n2-c1ccc(-c2c3ccccc3c(-c3cc(-c4ccccc4)cc(-c4ccccc4)c3)c3ccccc23)c2ccccc12. The summed E-state index contributed by atoms with van der Waals surface area (Å²) in [5, 5.41) is 8.61. The van der Waals surface area contributed by atoms with E-state index in [1.54, 1.807) is 0 Å². The zero-order valence-electron chi connectivity index (χ0n) is 33.1. The summed E-state index contributed by atoms with van der Waals surface area (Å²) in [6, 6.07) is 71.5. The number of fused-ring (bicyclic) bond motifs is 6. The summed E-state index contributed by atoms with van der Waals surface area (Å²) in [5.41, 5.74) is 15.7. The molecule has 0 amide bonds. The van der Waals surface area contributed by atoms with E-state index in [4.69, 9.17) is 4.98 Å². The maximum Gasteiger partial charge on any atom is 0.0963 e. The molecule has 0 aliphatic rings. The fraction of sp³-hybridized carbons (Fsp3) is 0.0702. The Morgan fingerprint density at radius 1 is 0.407 bits per heavy atom. The molecule has 2 heterocycles. The number of unbranched alkanes of at least 4 members (excludes halogenated alkanes) is 1. The van der Waals surface area contributed by atoms with Crippen molar-refractivity contribution in [1.29, 1.82) is 0 Å². The van der Waals surface area contributed by atoms with Crippen LogP contribution in [-0.2, 0) is 6.42 Å². The smallest absolute Gasteiger partial charge is 0.0963 e. The molecule has 2 aromatic heterocycles. The average molecular weight is 755 g/mol. The zero-order chi connectivity index (χ0) is 39.3. The van der Waals surface area contributed by atoms with Crippen LogP contribution in [0.15, 0.2) is 200 Å². The zero-order valence-corrected chi connectivity index (χ0v) is 33.1. The highest BCUT2D eigenvalue weighted by Gasteiger charge is 2.21. The van der Waals surface area contributed by atoms with Gasteiger partial charge in [-0.1, -0.05) is 159 Å². The van der Waals surface area contributed by atoms with E-state index in [1.807, 2.05) is 6.20 Å². The summed E-state index contributed by atoms with van der Waals surface area (Å²) in [5.74, 6) is 0. The second-order valence-corrected chi connectivity index (χ2v) is 15.7. The molecule has 11 aromatic rings. The van der Waals surface area contributed by atoms with Gasteiger partial charge in [0.1, 0.15) is 0 Å². The Hall–Kier alpha value is -7.29. The fourth-order valence-corrected chi connectivity index (χ4v) is 9.47. The molecular formula is C57H42N2. The van der Waals surface area contributed by atoms with Crippen LogP contribution in [0.1, 0.15) is 25.3 Å². The molecule has 0 aliphatic heterocycles. The molecule has 2 heteroatoms. The summed E-state index contributed by atoms with van der Waals surface area (Å²) in [6.07, 6.45) is 5.37. The Kier molecular flexibility index (Phi) is 8.63. The van der Waals surface area contributed by atoms with Gasteiger partial charge in [-0.2, -0.15) is 0 Å². The van der Waals surface area contributed by atoms with E-state index in [0.29, 0.717) is 0 Å². The highest BCUT2D eigenvalue weighted by molar-refractivity contribution is 6.24. The second-order valence-electron chi connectivity index (χ2n) is 15.7. The van der Waals surface area contributed by atoms with E-state index in [9.17, 15) is 0 Å². The molecule has 9 aromatic carbocycles. The lowest BCUT2D eigenvalue weighted by Crippen LogP contribution is -1.97. The van der Waals surface area contributed by atoms with Gasteiger partial charge in [0.05, 0.1) is 22.2 Å². The lowest BCUT2D eigenvalue weighted by atomic mass is 9.83. The number of hydrogen-bond acceptors (Lipinski definition) is 1. The maximum absolute atomic E-state index is 4.95. The second kappa shape index (κ2) is 14.6. The lowest BCUT2D eigenvalue weighted by Gasteiger charge is -2.21. The minimum absolute atomic E-state index is 1.05. The van der Waals surface area contributed by atoms with Gasteiger partial charge in [0.25, 0.3) is 0 Å². The van der Waals surface area contributed by atoms with Crippen molar-refractivity contribution in [3.8, 4) is 50.2 Å². The van der Waals surface area contributed by atoms with Crippen molar-refractivity contribution >= 4 is 54.3 Å². The number of aromatic nitrogens is 2. The Labute approximate surface area is 344 Å². The molecule has 0 aliphatic carbocycles. The summed E-state index contributed by atoms with van der Waals surface area (Å²) in [4.78, 5) is 4.95. The van der Waals surface area contributed by atoms with Crippen molar-refractivity contribution in [2.45, 2.75) is 26.2 Å². The first-order valence-electron chi connectivity index (χ1n) is 20.9. The van der Waals surface area contributed by atoms with E-state index in [1.165, 1.54) is 106 Å². The number of rotatable bonds is 8. The quantitative estimate of drug-likeness (QED) is 0.141. The number of aryl methyl sites for hydroxylation is 1. The largest absolute Gasteiger partial charge is 0.307 e. The third-order valence-corrected chi connectivity index (χ3v) is 12.2. The highest BCUT2D eigenvalue weighted by atomic mass is 15.0. The van der Waals surface area contributed by atoms with Gasteiger partial charge in [-0.3, -0.25) is 4.98 Å². The van der Waals surface area contributed by atoms with Gasteiger partial charge in [-0.05, 0) is 138 Å². The standard InChI is InChI=1S/C57H42N2/c1-2-3-17-38-29-31-53-51(34-38)57-54(28-16-33-58-57)59(53)52-32-30-50(44-22-10-11-23-45(44)52)56-48-26-14-12-24-46(48)55(47-25-13-15-27-49(47)56)43-36-41(39-18-6-4-7-19-39)35-42(37-43)40-20-8-5-9-21-40/h4-16,18-37H,2-3,17H2,1H3.